The highest BCUT2D eigenvalue weighted by atomic mass is 14.6. The van der Waals surface area contributed by atoms with Crippen molar-refractivity contribution < 1.29 is 0 Å². The lowest BCUT2D eigenvalue weighted by molar-refractivity contribution is 0.646. The summed E-state index contributed by atoms with van der Waals surface area (Å²) in [4.78, 5) is 0. The van der Waals surface area contributed by atoms with Gasteiger partial charge < -0.3 is 5.73 Å². The normalized spacial score (nSPS) is 29.9. The largest absolute Gasteiger partial charge is 0.324 e. The molecule has 0 aliphatic heterocycles. The lowest BCUT2D eigenvalue weighted by Crippen LogP contribution is -2.22. The highest BCUT2D eigenvalue weighted by molar-refractivity contribution is 5.34. The second kappa shape index (κ2) is 3.44. The van der Waals surface area contributed by atoms with E-state index in [2.05, 4.69) is 12.2 Å². The van der Waals surface area contributed by atoms with Crippen LogP contribution >= 0.6 is 0 Å². The number of rotatable bonds is 0. The van der Waals surface area contributed by atoms with Gasteiger partial charge in [-0.2, -0.15) is 0 Å². The van der Waals surface area contributed by atoms with Crippen molar-refractivity contribution in [1.82, 2.24) is 0 Å². The summed E-state index contributed by atoms with van der Waals surface area (Å²) in [5.41, 5.74) is 9.18. The summed E-state index contributed by atoms with van der Waals surface area (Å²) in [5.74, 6) is 0. The lowest BCUT2D eigenvalue weighted by atomic mass is 9.92. The van der Waals surface area contributed by atoms with Gasteiger partial charge in [0.15, 0.2) is 0 Å². The quantitative estimate of drug-likeness (QED) is 0.583. The third-order valence-corrected chi connectivity index (χ3v) is 2.96. The van der Waals surface area contributed by atoms with E-state index in [1.54, 1.807) is 5.57 Å². The third kappa shape index (κ3) is 1.46. The standard InChI is InChI=1S/C11H17N/c12-11-8-4-2-6-9-5-1-3-7-10(9)11/h3,7,11H,1-2,4-6,8,12H2. The predicted octanol–water partition coefficient (Wildman–Crippen LogP) is 2.53. The van der Waals surface area contributed by atoms with E-state index in [0.29, 0.717) is 6.04 Å². The maximum atomic E-state index is 6.08. The highest BCUT2D eigenvalue weighted by Crippen LogP contribution is 2.29. The molecule has 0 radical (unpaired) electrons. The SMILES string of the molecule is NC1CCCCC2=C1C=CCC2. The molecule has 1 nitrogen and oxygen atoms in total. The summed E-state index contributed by atoms with van der Waals surface area (Å²) in [6.07, 6.45) is 12.2. The molecule has 1 heteroatoms. The zero-order valence-electron chi connectivity index (χ0n) is 7.55. The van der Waals surface area contributed by atoms with E-state index >= 15 is 0 Å². The van der Waals surface area contributed by atoms with Crippen LogP contribution in [0.1, 0.15) is 38.5 Å². The van der Waals surface area contributed by atoms with Gasteiger partial charge in [0.1, 0.15) is 0 Å². The van der Waals surface area contributed by atoms with Crippen LogP contribution in [0.5, 0.6) is 0 Å². The Kier molecular flexibility index (Phi) is 2.31. The molecular weight excluding hydrogens is 146 g/mol. The molecule has 0 spiro atoms. The maximum Gasteiger partial charge on any atom is 0.0294 e. The van der Waals surface area contributed by atoms with Gasteiger partial charge in [0.2, 0.25) is 0 Å². The zero-order chi connectivity index (χ0) is 8.39. The van der Waals surface area contributed by atoms with Gasteiger partial charge in [0, 0.05) is 6.04 Å². The molecule has 0 saturated heterocycles. The Hall–Kier alpha value is -0.560. The number of allylic oxidation sites excluding steroid dienone is 2. The molecule has 2 rings (SSSR count). The van der Waals surface area contributed by atoms with Gasteiger partial charge in [0.25, 0.3) is 0 Å². The summed E-state index contributed by atoms with van der Waals surface area (Å²) in [6, 6.07) is 0.332. The van der Waals surface area contributed by atoms with Crippen LogP contribution in [-0.4, -0.2) is 6.04 Å². The molecule has 12 heavy (non-hydrogen) atoms. The van der Waals surface area contributed by atoms with Gasteiger partial charge >= 0.3 is 0 Å². The van der Waals surface area contributed by atoms with E-state index in [1.165, 1.54) is 44.1 Å². The van der Waals surface area contributed by atoms with Crippen molar-refractivity contribution in [3.05, 3.63) is 23.3 Å². The molecule has 0 amide bonds. The van der Waals surface area contributed by atoms with Crippen molar-refractivity contribution >= 4 is 0 Å². The first kappa shape index (κ1) is 8.06. The van der Waals surface area contributed by atoms with Gasteiger partial charge in [-0.15, -0.1) is 0 Å². The fraction of sp³-hybridized carbons (Fsp3) is 0.636. The minimum atomic E-state index is 0.332. The van der Waals surface area contributed by atoms with Gasteiger partial charge in [-0.3, -0.25) is 0 Å². The van der Waals surface area contributed by atoms with Crippen LogP contribution in [-0.2, 0) is 0 Å². The minimum absolute atomic E-state index is 0.332. The summed E-state index contributed by atoms with van der Waals surface area (Å²) in [6.45, 7) is 0. The summed E-state index contributed by atoms with van der Waals surface area (Å²) < 4.78 is 0. The molecule has 2 N–H and O–H groups in total. The first-order chi connectivity index (χ1) is 5.88. The molecule has 0 aromatic rings. The van der Waals surface area contributed by atoms with E-state index in [9.17, 15) is 0 Å². The van der Waals surface area contributed by atoms with E-state index in [0.717, 1.165) is 0 Å². The van der Waals surface area contributed by atoms with E-state index in [-0.39, 0.29) is 0 Å². The average molecular weight is 163 g/mol. The van der Waals surface area contributed by atoms with Gasteiger partial charge in [-0.05, 0) is 37.7 Å². The first-order valence-corrected chi connectivity index (χ1v) is 5.02. The van der Waals surface area contributed by atoms with Crippen molar-refractivity contribution in [2.45, 2.75) is 44.6 Å². The van der Waals surface area contributed by atoms with Crippen LogP contribution in [0.3, 0.4) is 0 Å². The predicted molar refractivity (Wildman–Crippen MR) is 51.8 cm³/mol. The molecule has 2 aliphatic carbocycles. The molecule has 0 saturated carbocycles. The Bertz CT molecular complexity index is 225. The zero-order valence-corrected chi connectivity index (χ0v) is 7.55. The molecular formula is C11H17N. The number of hydrogen-bond donors (Lipinski definition) is 1. The lowest BCUT2D eigenvalue weighted by Gasteiger charge is -2.17. The molecule has 0 bridgehead atoms. The molecule has 0 aromatic heterocycles. The second-order valence-corrected chi connectivity index (χ2v) is 3.85. The molecule has 2 aliphatic rings. The summed E-state index contributed by atoms with van der Waals surface area (Å²) >= 11 is 0. The molecule has 1 atom stereocenters. The van der Waals surface area contributed by atoms with Gasteiger partial charge in [0.05, 0.1) is 0 Å². The van der Waals surface area contributed by atoms with Crippen LogP contribution in [0.25, 0.3) is 0 Å². The first-order valence-electron chi connectivity index (χ1n) is 5.02. The van der Waals surface area contributed by atoms with Crippen molar-refractivity contribution in [1.29, 1.82) is 0 Å². The number of nitrogens with two attached hydrogens (primary N) is 1. The monoisotopic (exact) mass is 163 g/mol. The topological polar surface area (TPSA) is 26.0 Å². The van der Waals surface area contributed by atoms with Crippen molar-refractivity contribution in [2.75, 3.05) is 0 Å². The van der Waals surface area contributed by atoms with Crippen LogP contribution in [0.2, 0.25) is 0 Å². The average Bonchev–Trinajstić information content (AvgIpc) is 2.29. The van der Waals surface area contributed by atoms with Crippen LogP contribution in [0, 0.1) is 0 Å². The molecule has 66 valence electrons. The van der Waals surface area contributed by atoms with E-state index in [4.69, 9.17) is 5.73 Å². The van der Waals surface area contributed by atoms with Crippen molar-refractivity contribution in [3.8, 4) is 0 Å². The minimum Gasteiger partial charge on any atom is -0.324 e. The van der Waals surface area contributed by atoms with Crippen LogP contribution in [0.15, 0.2) is 23.3 Å². The van der Waals surface area contributed by atoms with Gasteiger partial charge in [-0.25, -0.2) is 0 Å². The fourth-order valence-corrected chi connectivity index (χ4v) is 2.24. The molecule has 0 fully saturated rings. The molecule has 0 aromatic carbocycles. The summed E-state index contributed by atoms with van der Waals surface area (Å²) in [7, 11) is 0. The van der Waals surface area contributed by atoms with E-state index < -0.39 is 0 Å². The Morgan fingerprint density at radius 2 is 2.17 bits per heavy atom. The second-order valence-electron chi connectivity index (χ2n) is 3.85. The fourth-order valence-electron chi connectivity index (χ4n) is 2.24. The Labute approximate surface area is 74.3 Å². The van der Waals surface area contributed by atoms with Crippen molar-refractivity contribution in [3.63, 3.8) is 0 Å². The van der Waals surface area contributed by atoms with Crippen molar-refractivity contribution in [2.24, 2.45) is 5.73 Å². The summed E-state index contributed by atoms with van der Waals surface area (Å²) in [5, 5.41) is 0. The Balaban J connectivity index is 2.25. The maximum absolute atomic E-state index is 6.08. The van der Waals surface area contributed by atoms with Crippen LogP contribution in [0.4, 0.5) is 0 Å². The smallest absolute Gasteiger partial charge is 0.0294 e. The Morgan fingerprint density at radius 1 is 1.25 bits per heavy atom. The molecule has 1 unspecified atom stereocenters. The Morgan fingerprint density at radius 3 is 3.08 bits per heavy atom. The van der Waals surface area contributed by atoms with Gasteiger partial charge in [-0.1, -0.05) is 24.1 Å². The number of hydrogen-bond acceptors (Lipinski definition) is 1. The van der Waals surface area contributed by atoms with Crippen LogP contribution < -0.4 is 5.73 Å². The third-order valence-electron chi connectivity index (χ3n) is 2.96. The molecule has 0 heterocycles. The van der Waals surface area contributed by atoms with E-state index in [1.807, 2.05) is 0 Å². The highest BCUT2D eigenvalue weighted by Gasteiger charge is 2.17.